The molecule has 1 aromatic carbocycles. The van der Waals surface area contributed by atoms with Crippen LogP contribution >= 0.6 is 0 Å². The number of nitriles is 1. The molecule has 0 saturated heterocycles. The lowest BCUT2D eigenvalue weighted by molar-refractivity contribution is -0.121. The van der Waals surface area contributed by atoms with Crippen LogP contribution in [0.1, 0.15) is 12.5 Å². The van der Waals surface area contributed by atoms with E-state index < -0.39 is 6.04 Å². The van der Waals surface area contributed by atoms with Crippen molar-refractivity contribution in [3.05, 3.63) is 29.8 Å². The summed E-state index contributed by atoms with van der Waals surface area (Å²) in [7, 11) is 0. The highest BCUT2D eigenvalue weighted by molar-refractivity contribution is 5.95. The summed E-state index contributed by atoms with van der Waals surface area (Å²) >= 11 is 0. The summed E-state index contributed by atoms with van der Waals surface area (Å²) in [5, 5.41) is 29.6. The molecule has 1 rings (SSSR count). The van der Waals surface area contributed by atoms with Gasteiger partial charge in [0.25, 0.3) is 0 Å². The van der Waals surface area contributed by atoms with Gasteiger partial charge in [-0.1, -0.05) is 12.1 Å². The molecule has 0 aliphatic carbocycles. The van der Waals surface area contributed by atoms with Crippen molar-refractivity contribution in [2.75, 3.05) is 31.6 Å². The minimum atomic E-state index is -0.513. The van der Waals surface area contributed by atoms with Crippen LogP contribution in [0.5, 0.6) is 0 Å². The second-order valence-electron chi connectivity index (χ2n) is 4.31. The number of rotatable bonds is 7. The molecule has 0 aromatic heterocycles. The number of aliphatic hydroxyl groups excluding tert-OH is 2. The van der Waals surface area contributed by atoms with Crippen LogP contribution in [0.4, 0.5) is 5.69 Å². The predicted octanol–water partition coefficient (Wildman–Crippen LogP) is 0.172. The first-order chi connectivity index (χ1) is 9.63. The summed E-state index contributed by atoms with van der Waals surface area (Å²) in [5.41, 5.74) is 0.851. The minimum Gasteiger partial charge on any atom is -0.395 e. The molecule has 1 aromatic rings. The maximum absolute atomic E-state index is 12.1. The van der Waals surface area contributed by atoms with E-state index in [0.717, 1.165) is 0 Å². The van der Waals surface area contributed by atoms with Crippen LogP contribution in [0.2, 0.25) is 0 Å². The molecule has 1 atom stereocenters. The normalized spacial score (nSPS) is 11.9. The van der Waals surface area contributed by atoms with Gasteiger partial charge < -0.3 is 15.5 Å². The summed E-state index contributed by atoms with van der Waals surface area (Å²) in [6.07, 6.45) is 0. The van der Waals surface area contributed by atoms with Crippen molar-refractivity contribution in [1.82, 2.24) is 4.90 Å². The van der Waals surface area contributed by atoms with E-state index in [1.807, 2.05) is 6.07 Å². The molecule has 6 nitrogen and oxygen atoms in total. The Morgan fingerprint density at radius 3 is 2.50 bits per heavy atom. The van der Waals surface area contributed by atoms with E-state index in [1.54, 1.807) is 36.1 Å². The molecular formula is C14H19N3O3. The van der Waals surface area contributed by atoms with Crippen molar-refractivity contribution in [2.45, 2.75) is 13.0 Å². The van der Waals surface area contributed by atoms with Gasteiger partial charge in [-0.3, -0.25) is 9.69 Å². The van der Waals surface area contributed by atoms with Crippen molar-refractivity contribution in [2.24, 2.45) is 0 Å². The Labute approximate surface area is 118 Å². The van der Waals surface area contributed by atoms with E-state index in [2.05, 4.69) is 5.32 Å². The van der Waals surface area contributed by atoms with Gasteiger partial charge in [0.15, 0.2) is 0 Å². The minimum absolute atomic E-state index is 0.0909. The third-order valence-electron chi connectivity index (χ3n) is 3.01. The van der Waals surface area contributed by atoms with Gasteiger partial charge in [-0.25, -0.2) is 0 Å². The second-order valence-corrected chi connectivity index (χ2v) is 4.31. The van der Waals surface area contributed by atoms with E-state index >= 15 is 0 Å². The monoisotopic (exact) mass is 277 g/mol. The number of hydrogen-bond donors (Lipinski definition) is 3. The number of amides is 1. The lowest BCUT2D eigenvalue weighted by Gasteiger charge is -2.26. The highest BCUT2D eigenvalue weighted by Crippen LogP contribution is 2.14. The van der Waals surface area contributed by atoms with Gasteiger partial charge in [0.1, 0.15) is 6.07 Å². The topological polar surface area (TPSA) is 96.6 Å². The molecule has 0 heterocycles. The van der Waals surface area contributed by atoms with Crippen LogP contribution < -0.4 is 5.32 Å². The molecular weight excluding hydrogens is 258 g/mol. The Kier molecular flexibility index (Phi) is 6.67. The molecule has 0 spiro atoms. The molecule has 0 saturated carbocycles. The zero-order valence-electron chi connectivity index (χ0n) is 11.4. The van der Waals surface area contributed by atoms with Gasteiger partial charge in [0, 0.05) is 13.1 Å². The fourth-order valence-corrected chi connectivity index (χ4v) is 1.85. The van der Waals surface area contributed by atoms with E-state index in [9.17, 15) is 4.79 Å². The molecule has 6 heteroatoms. The van der Waals surface area contributed by atoms with Crippen molar-refractivity contribution in [3.63, 3.8) is 0 Å². The predicted molar refractivity (Wildman–Crippen MR) is 75.0 cm³/mol. The Bertz CT molecular complexity index is 479. The van der Waals surface area contributed by atoms with E-state index in [-0.39, 0.29) is 19.1 Å². The first kappa shape index (κ1) is 16.1. The number of nitrogens with zero attached hydrogens (tertiary/aromatic N) is 2. The zero-order chi connectivity index (χ0) is 15.0. The van der Waals surface area contributed by atoms with E-state index in [1.165, 1.54) is 0 Å². The third-order valence-corrected chi connectivity index (χ3v) is 3.01. The number of carbonyl (C=O) groups is 1. The summed E-state index contributed by atoms with van der Waals surface area (Å²) < 4.78 is 0. The number of anilines is 1. The number of carbonyl (C=O) groups excluding carboxylic acids is 1. The average Bonchev–Trinajstić information content (AvgIpc) is 2.46. The molecule has 1 amide bonds. The molecule has 1 unspecified atom stereocenters. The van der Waals surface area contributed by atoms with Crippen LogP contribution in [0.15, 0.2) is 24.3 Å². The lowest BCUT2D eigenvalue weighted by Crippen LogP contribution is -2.44. The lowest BCUT2D eigenvalue weighted by atomic mass is 10.2. The van der Waals surface area contributed by atoms with Crippen LogP contribution in [0, 0.1) is 11.3 Å². The Balaban J connectivity index is 2.76. The maximum atomic E-state index is 12.1. The molecule has 108 valence electrons. The number of para-hydroxylation sites is 1. The summed E-state index contributed by atoms with van der Waals surface area (Å²) in [5.74, 6) is -0.283. The van der Waals surface area contributed by atoms with Gasteiger partial charge in [0.2, 0.25) is 5.91 Å². The first-order valence-corrected chi connectivity index (χ1v) is 6.39. The Hall–Kier alpha value is -1.94. The van der Waals surface area contributed by atoms with Crippen molar-refractivity contribution in [1.29, 1.82) is 5.26 Å². The first-order valence-electron chi connectivity index (χ1n) is 6.39. The number of hydrogen-bond acceptors (Lipinski definition) is 5. The Morgan fingerprint density at radius 2 is 1.95 bits per heavy atom. The SMILES string of the molecule is CC(C(=O)Nc1ccccc1C#N)N(CCO)CCO. The fourth-order valence-electron chi connectivity index (χ4n) is 1.85. The molecule has 0 aliphatic rings. The molecule has 20 heavy (non-hydrogen) atoms. The third kappa shape index (κ3) is 4.31. The zero-order valence-corrected chi connectivity index (χ0v) is 11.4. The number of nitrogens with one attached hydrogen (secondary N) is 1. The second kappa shape index (κ2) is 8.27. The number of aliphatic hydroxyl groups is 2. The highest BCUT2D eigenvalue weighted by atomic mass is 16.3. The molecule has 0 fully saturated rings. The van der Waals surface area contributed by atoms with Crippen LogP contribution in [-0.4, -0.2) is 53.4 Å². The summed E-state index contributed by atoms with van der Waals surface area (Å²) in [6.45, 7) is 2.11. The summed E-state index contributed by atoms with van der Waals surface area (Å²) in [4.78, 5) is 13.8. The van der Waals surface area contributed by atoms with Gasteiger partial charge in [-0.15, -0.1) is 0 Å². The van der Waals surface area contributed by atoms with Crippen LogP contribution in [0.3, 0.4) is 0 Å². The van der Waals surface area contributed by atoms with Gasteiger partial charge in [-0.05, 0) is 19.1 Å². The highest BCUT2D eigenvalue weighted by Gasteiger charge is 2.21. The van der Waals surface area contributed by atoms with E-state index in [0.29, 0.717) is 24.3 Å². The fraction of sp³-hybridized carbons (Fsp3) is 0.429. The molecule has 3 N–H and O–H groups in total. The van der Waals surface area contributed by atoms with Crippen LogP contribution in [0.25, 0.3) is 0 Å². The molecule has 0 bridgehead atoms. The van der Waals surface area contributed by atoms with Gasteiger partial charge in [-0.2, -0.15) is 5.26 Å². The smallest absolute Gasteiger partial charge is 0.241 e. The van der Waals surface area contributed by atoms with Crippen molar-refractivity contribution < 1.29 is 15.0 Å². The van der Waals surface area contributed by atoms with Crippen LogP contribution in [-0.2, 0) is 4.79 Å². The molecule has 0 aliphatic heterocycles. The Morgan fingerprint density at radius 1 is 1.35 bits per heavy atom. The number of benzene rings is 1. The van der Waals surface area contributed by atoms with Gasteiger partial charge in [0.05, 0.1) is 30.5 Å². The average molecular weight is 277 g/mol. The van der Waals surface area contributed by atoms with Crippen molar-refractivity contribution in [3.8, 4) is 6.07 Å². The largest absolute Gasteiger partial charge is 0.395 e. The standard InChI is InChI=1S/C14H19N3O3/c1-11(17(6-8-18)7-9-19)14(20)16-13-5-3-2-4-12(13)10-15/h2-5,11,18-19H,6-9H2,1H3,(H,16,20). The summed E-state index contributed by atoms with van der Waals surface area (Å²) in [6, 6.07) is 8.24. The van der Waals surface area contributed by atoms with E-state index in [4.69, 9.17) is 15.5 Å². The quantitative estimate of drug-likeness (QED) is 0.660. The van der Waals surface area contributed by atoms with Gasteiger partial charge >= 0.3 is 0 Å². The molecule has 0 radical (unpaired) electrons. The maximum Gasteiger partial charge on any atom is 0.241 e. The van der Waals surface area contributed by atoms with Crippen molar-refractivity contribution >= 4 is 11.6 Å².